The maximum atomic E-state index is 11.3. The molecule has 1 unspecified atom stereocenters. The van der Waals surface area contributed by atoms with Gasteiger partial charge in [0.25, 0.3) is 0 Å². The lowest BCUT2D eigenvalue weighted by atomic mass is 9.57. The standard InChI is InChI=1S/C19H25NO/c1-2-15-7-10-18(14-20,11-8-15)19(21)12-9-16-5-3-4-6-17(16)13-19/h3-6,15,21H,2,7-13H2,1H3. The Bertz CT molecular complexity index is 551. The van der Waals surface area contributed by atoms with E-state index in [4.69, 9.17) is 0 Å². The molecule has 2 nitrogen and oxygen atoms in total. The molecule has 0 bridgehead atoms. The summed E-state index contributed by atoms with van der Waals surface area (Å²) in [6.45, 7) is 2.23. The Morgan fingerprint density at radius 1 is 1.19 bits per heavy atom. The van der Waals surface area contributed by atoms with Gasteiger partial charge in [0.1, 0.15) is 0 Å². The third-order valence-corrected chi connectivity index (χ3v) is 6.05. The Kier molecular flexibility index (Phi) is 3.80. The highest BCUT2D eigenvalue weighted by atomic mass is 16.3. The van der Waals surface area contributed by atoms with Gasteiger partial charge >= 0.3 is 0 Å². The molecular formula is C19H25NO. The number of nitriles is 1. The topological polar surface area (TPSA) is 44.0 Å². The van der Waals surface area contributed by atoms with E-state index in [0.717, 1.165) is 44.4 Å². The van der Waals surface area contributed by atoms with Crippen LogP contribution in [0.25, 0.3) is 0 Å². The van der Waals surface area contributed by atoms with Crippen LogP contribution in [-0.2, 0) is 12.8 Å². The van der Waals surface area contributed by atoms with Gasteiger partial charge < -0.3 is 5.11 Å². The van der Waals surface area contributed by atoms with E-state index in [1.807, 2.05) is 6.07 Å². The molecule has 112 valence electrons. The number of rotatable bonds is 2. The van der Waals surface area contributed by atoms with Gasteiger partial charge in [-0.1, -0.05) is 37.6 Å². The van der Waals surface area contributed by atoms with Crippen LogP contribution in [-0.4, -0.2) is 10.7 Å². The summed E-state index contributed by atoms with van der Waals surface area (Å²) >= 11 is 0. The van der Waals surface area contributed by atoms with E-state index in [-0.39, 0.29) is 0 Å². The van der Waals surface area contributed by atoms with Gasteiger partial charge in [0.05, 0.1) is 17.1 Å². The average molecular weight is 283 g/mol. The molecule has 2 aliphatic carbocycles. The monoisotopic (exact) mass is 283 g/mol. The summed E-state index contributed by atoms with van der Waals surface area (Å²) in [5.74, 6) is 0.742. The zero-order valence-corrected chi connectivity index (χ0v) is 12.9. The lowest BCUT2D eigenvalue weighted by Gasteiger charge is -2.48. The van der Waals surface area contributed by atoms with E-state index in [0.29, 0.717) is 6.42 Å². The van der Waals surface area contributed by atoms with Crippen molar-refractivity contribution in [1.29, 1.82) is 5.26 Å². The van der Waals surface area contributed by atoms with Crippen molar-refractivity contribution in [3.63, 3.8) is 0 Å². The van der Waals surface area contributed by atoms with Crippen molar-refractivity contribution in [3.05, 3.63) is 35.4 Å². The summed E-state index contributed by atoms with van der Waals surface area (Å²) in [6.07, 6.45) is 7.38. The smallest absolute Gasteiger partial charge is 0.0876 e. The van der Waals surface area contributed by atoms with Gasteiger partial charge in [-0.15, -0.1) is 0 Å². The molecule has 2 heteroatoms. The van der Waals surface area contributed by atoms with E-state index in [2.05, 4.69) is 31.2 Å². The lowest BCUT2D eigenvalue weighted by molar-refractivity contribution is -0.0874. The molecule has 0 spiro atoms. The van der Waals surface area contributed by atoms with Crippen molar-refractivity contribution in [2.75, 3.05) is 0 Å². The summed E-state index contributed by atoms with van der Waals surface area (Å²) in [4.78, 5) is 0. The summed E-state index contributed by atoms with van der Waals surface area (Å²) < 4.78 is 0. The van der Waals surface area contributed by atoms with E-state index >= 15 is 0 Å². The Morgan fingerprint density at radius 2 is 1.86 bits per heavy atom. The van der Waals surface area contributed by atoms with E-state index in [1.54, 1.807) is 0 Å². The molecule has 1 saturated carbocycles. The number of hydrogen-bond donors (Lipinski definition) is 1. The predicted molar refractivity (Wildman–Crippen MR) is 83.7 cm³/mol. The van der Waals surface area contributed by atoms with Gasteiger partial charge in [-0.2, -0.15) is 5.26 Å². The van der Waals surface area contributed by atoms with Crippen LogP contribution in [0.4, 0.5) is 0 Å². The predicted octanol–water partition coefficient (Wildman–Crippen LogP) is 4.02. The lowest BCUT2D eigenvalue weighted by Crippen LogP contribution is -2.52. The fourth-order valence-corrected chi connectivity index (χ4v) is 4.39. The first-order chi connectivity index (χ1) is 10.1. The number of aliphatic hydroxyl groups is 1. The summed E-state index contributed by atoms with van der Waals surface area (Å²) in [7, 11) is 0. The molecule has 1 fully saturated rings. The first-order valence-electron chi connectivity index (χ1n) is 8.33. The Balaban J connectivity index is 1.87. The Labute approximate surface area is 127 Å². The number of fused-ring (bicyclic) bond motifs is 1. The second-order valence-electron chi connectivity index (χ2n) is 7.02. The van der Waals surface area contributed by atoms with Crippen molar-refractivity contribution >= 4 is 0 Å². The van der Waals surface area contributed by atoms with Gasteiger partial charge in [-0.25, -0.2) is 0 Å². The van der Waals surface area contributed by atoms with Crippen molar-refractivity contribution in [2.24, 2.45) is 11.3 Å². The maximum absolute atomic E-state index is 11.3. The quantitative estimate of drug-likeness (QED) is 0.891. The van der Waals surface area contributed by atoms with Crippen molar-refractivity contribution < 1.29 is 5.11 Å². The summed E-state index contributed by atoms with van der Waals surface area (Å²) in [5.41, 5.74) is 1.21. The molecule has 1 N–H and O–H groups in total. The van der Waals surface area contributed by atoms with Crippen molar-refractivity contribution in [2.45, 2.75) is 63.9 Å². The molecule has 1 aromatic rings. The van der Waals surface area contributed by atoms with Crippen LogP contribution in [0.1, 0.15) is 56.6 Å². The normalized spacial score (nSPS) is 35.8. The fourth-order valence-electron chi connectivity index (χ4n) is 4.39. The van der Waals surface area contributed by atoms with E-state index < -0.39 is 11.0 Å². The highest BCUT2D eigenvalue weighted by Gasteiger charge is 2.53. The van der Waals surface area contributed by atoms with Crippen LogP contribution in [0.2, 0.25) is 0 Å². The van der Waals surface area contributed by atoms with E-state index in [9.17, 15) is 10.4 Å². The first-order valence-corrected chi connectivity index (χ1v) is 8.33. The van der Waals surface area contributed by atoms with Crippen molar-refractivity contribution in [1.82, 2.24) is 0 Å². The molecule has 2 aliphatic rings. The van der Waals surface area contributed by atoms with Gasteiger partial charge in [-0.05, 0) is 55.6 Å². The van der Waals surface area contributed by atoms with Gasteiger partial charge in [0.15, 0.2) is 0 Å². The first kappa shape index (κ1) is 14.6. The molecule has 0 saturated heterocycles. The Morgan fingerprint density at radius 3 is 2.48 bits per heavy atom. The molecule has 3 rings (SSSR count). The third-order valence-electron chi connectivity index (χ3n) is 6.05. The maximum Gasteiger partial charge on any atom is 0.0876 e. The largest absolute Gasteiger partial charge is 0.388 e. The number of aryl methyl sites for hydroxylation is 1. The van der Waals surface area contributed by atoms with Crippen LogP contribution in [0, 0.1) is 22.7 Å². The van der Waals surface area contributed by atoms with Gasteiger partial charge in [0.2, 0.25) is 0 Å². The average Bonchev–Trinajstić information content (AvgIpc) is 2.54. The minimum atomic E-state index is -0.838. The van der Waals surface area contributed by atoms with Crippen molar-refractivity contribution in [3.8, 4) is 6.07 Å². The highest BCUT2D eigenvalue weighted by molar-refractivity contribution is 5.34. The van der Waals surface area contributed by atoms with Gasteiger partial charge in [-0.3, -0.25) is 0 Å². The number of benzene rings is 1. The summed E-state index contributed by atoms with van der Waals surface area (Å²) in [6, 6.07) is 10.9. The zero-order valence-electron chi connectivity index (χ0n) is 12.9. The SMILES string of the molecule is CCC1CCC(C#N)(C2(O)CCc3ccccc3C2)CC1. The minimum Gasteiger partial charge on any atom is -0.388 e. The van der Waals surface area contributed by atoms with Crippen LogP contribution < -0.4 is 0 Å². The highest BCUT2D eigenvalue weighted by Crippen LogP contribution is 2.51. The van der Waals surface area contributed by atoms with Crippen LogP contribution in [0.3, 0.4) is 0 Å². The fraction of sp³-hybridized carbons (Fsp3) is 0.632. The molecule has 0 aliphatic heterocycles. The molecule has 0 amide bonds. The van der Waals surface area contributed by atoms with Crippen LogP contribution in [0.5, 0.6) is 0 Å². The molecular weight excluding hydrogens is 258 g/mol. The number of hydrogen-bond acceptors (Lipinski definition) is 2. The second kappa shape index (κ2) is 5.46. The third kappa shape index (κ3) is 2.38. The minimum absolute atomic E-state index is 0.536. The molecule has 0 radical (unpaired) electrons. The van der Waals surface area contributed by atoms with Crippen LogP contribution in [0.15, 0.2) is 24.3 Å². The van der Waals surface area contributed by atoms with Gasteiger partial charge in [0, 0.05) is 6.42 Å². The molecule has 0 heterocycles. The molecule has 21 heavy (non-hydrogen) atoms. The van der Waals surface area contributed by atoms with Crippen LogP contribution >= 0.6 is 0 Å². The second-order valence-corrected chi connectivity index (χ2v) is 7.02. The zero-order chi connectivity index (χ0) is 14.9. The molecule has 1 aromatic carbocycles. The molecule has 1 atom stereocenters. The molecule has 0 aromatic heterocycles. The Hall–Kier alpha value is -1.33. The summed E-state index contributed by atoms with van der Waals surface area (Å²) in [5, 5.41) is 21.2. The van der Waals surface area contributed by atoms with E-state index in [1.165, 1.54) is 17.5 Å². The number of nitrogens with zero attached hydrogens (tertiary/aromatic N) is 1.